The predicted octanol–water partition coefficient (Wildman–Crippen LogP) is 5.28. The summed E-state index contributed by atoms with van der Waals surface area (Å²) in [7, 11) is 3.18. The maximum Gasteiger partial charge on any atom is 0.319 e. The van der Waals surface area contributed by atoms with E-state index in [0.717, 1.165) is 22.0 Å². The fourth-order valence-corrected chi connectivity index (χ4v) is 3.80. The van der Waals surface area contributed by atoms with Crippen molar-refractivity contribution in [3.63, 3.8) is 0 Å². The zero-order valence-electron chi connectivity index (χ0n) is 17.8. The molecule has 1 unspecified atom stereocenters. The van der Waals surface area contributed by atoms with Gasteiger partial charge < -0.3 is 25.1 Å². The molecule has 0 saturated carbocycles. The molecule has 0 aliphatic rings. The first-order valence-electron chi connectivity index (χ1n) is 10.2. The van der Waals surface area contributed by atoms with Crippen LogP contribution in [0.1, 0.15) is 17.0 Å². The second kappa shape index (κ2) is 9.43. The molecule has 0 fully saturated rings. The van der Waals surface area contributed by atoms with Gasteiger partial charge in [-0.25, -0.2) is 9.18 Å². The van der Waals surface area contributed by atoms with E-state index in [-0.39, 0.29) is 5.92 Å². The lowest BCUT2D eigenvalue weighted by molar-refractivity contribution is 0.252. The maximum atomic E-state index is 13.4. The molecule has 0 saturated heterocycles. The number of aromatic nitrogens is 1. The Morgan fingerprint density at radius 3 is 2.59 bits per heavy atom. The zero-order chi connectivity index (χ0) is 22.5. The van der Waals surface area contributed by atoms with Crippen LogP contribution in [0.4, 0.5) is 14.9 Å². The number of carbonyl (C=O) groups is 1. The molecule has 0 bridgehead atoms. The first-order valence-corrected chi connectivity index (χ1v) is 10.2. The van der Waals surface area contributed by atoms with Crippen LogP contribution < -0.4 is 20.1 Å². The molecule has 1 aromatic heterocycles. The molecule has 6 nitrogen and oxygen atoms in total. The van der Waals surface area contributed by atoms with Gasteiger partial charge in [0, 0.05) is 35.2 Å². The number of ether oxygens (including phenoxy) is 2. The van der Waals surface area contributed by atoms with Gasteiger partial charge in [0.2, 0.25) is 0 Å². The fraction of sp³-hybridized carbons (Fsp3) is 0.160. The van der Waals surface area contributed by atoms with Crippen molar-refractivity contribution in [3.05, 3.63) is 89.9 Å². The van der Waals surface area contributed by atoms with Gasteiger partial charge in [0.25, 0.3) is 0 Å². The normalized spacial score (nSPS) is 11.7. The van der Waals surface area contributed by atoms with Crippen LogP contribution >= 0.6 is 0 Å². The molecule has 3 N–H and O–H groups in total. The number of halogens is 1. The third kappa shape index (κ3) is 4.51. The van der Waals surface area contributed by atoms with Crippen molar-refractivity contribution in [2.75, 3.05) is 26.1 Å². The number of methoxy groups -OCH3 is 2. The number of fused-ring (bicyclic) bond motifs is 1. The Hall–Kier alpha value is -4.00. The van der Waals surface area contributed by atoms with E-state index in [9.17, 15) is 9.18 Å². The maximum absolute atomic E-state index is 13.4. The number of aromatic amines is 1. The van der Waals surface area contributed by atoms with E-state index in [2.05, 4.69) is 15.6 Å². The van der Waals surface area contributed by atoms with Crippen molar-refractivity contribution in [1.82, 2.24) is 10.3 Å². The third-order valence-corrected chi connectivity index (χ3v) is 5.36. The molecule has 4 aromatic rings. The molecule has 1 atom stereocenters. The number of benzene rings is 3. The number of amides is 2. The van der Waals surface area contributed by atoms with Gasteiger partial charge >= 0.3 is 6.03 Å². The molecule has 1 heterocycles. The first-order chi connectivity index (χ1) is 15.6. The summed E-state index contributed by atoms with van der Waals surface area (Å²) in [6, 6.07) is 19.1. The van der Waals surface area contributed by atoms with Gasteiger partial charge in [-0.3, -0.25) is 0 Å². The lowest BCUT2D eigenvalue weighted by Crippen LogP contribution is -2.32. The molecule has 7 heteroatoms. The van der Waals surface area contributed by atoms with Crippen LogP contribution in [-0.4, -0.2) is 31.8 Å². The molecular formula is C25H24FN3O3. The fourth-order valence-electron chi connectivity index (χ4n) is 3.80. The standard InChI is InChI=1S/C25H24FN3O3/c1-31-23-11-10-16(12-24(23)32-2)20(21-15-27-22-9-4-3-8-19(21)22)14-28-25(30)29-18-7-5-6-17(26)13-18/h3-13,15,20,27H,14H2,1-2H3,(H2,28,29,30). The predicted molar refractivity (Wildman–Crippen MR) is 123 cm³/mol. The molecule has 3 aromatic carbocycles. The number of hydrogen-bond acceptors (Lipinski definition) is 3. The van der Waals surface area contributed by atoms with Crippen LogP contribution in [0.25, 0.3) is 10.9 Å². The molecule has 32 heavy (non-hydrogen) atoms. The first kappa shape index (κ1) is 21.2. The van der Waals surface area contributed by atoms with Crippen molar-refractivity contribution >= 4 is 22.6 Å². The van der Waals surface area contributed by atoms with E-state index >= 15 is 0 Å². The monoisotopic (exact) mass is 433 g/mol. The number of carbonyl (C=O) groups excluding carboxylic acids is 1. The second-order valence-electron chi connectivity index (χ2n) is 7.30. The van der Waals surface area contributed by atoms with Crippen LogP contribution in [0, 0.1) is 5.82 Å². The molecule has 2 amide bonds. The van der Waals surface area contributed by atoms with Crippen LogP contribution in [0.5, 0.6) is 11.5 Å². The van der Waals surface area contributed by atoms with Gasteiger partial charge in [-0.15, -0.1) is 0 Å². The summed E-state index contributed by atoms with van der Waals surface area (Å²) in [5.41, 5.74) is 3.40. The lowest BCUT2D eigenvalue weighted by Gasteiger charge is -2.20. The van der Waals surface area contributed by atoms with Gasteiger partial charge in [-0.2, -0.15) is 0 Å². The third-order valence-electron chi connectivity index (χ3n) is 5.36. The van der Waals surface area contributed by atoms with Crippen molar-refractivity contribution in [1.29, 1.82) is 0 Å². The molecule has 0 aliphatic heterocycles. The number of rotatable bonds is 7. The van der Waals surface area contributed by atoms with E-state index in [1.807, 2.05) is 48.7 Å². The Kier molecular flexibility index (Phi) is 6.26. The second-order valence-corrected chi connectivity index (χ2v) is 7.30. The summed E-state index contributed by atoms with van der Waals surface area (Å²) < 4.78 is 24.3. The van der Waals surface area contributed by atoms with E-state index in [4.69, 9.17) is 9.47 Å². The average Bonchev–Trinajstić information content (AvgIpc) is 3.23. The highest BCUT2D eigenvalue weighted by Crippen LogP contribution is 2.35. The summed E-state index contributed by atoms with van der Waals surface area (Å²) in [5.74, 6) is 0.666. The number of H-pyrrole nitrogens is 1. The average molecular weight is 433 g/mol. The van der Waals surface area contributed by atoms with Gasteiger partial charge in [0.05, 0.1) is 14.2 Å². The van der Waals surface area contributed by atoms with Crippen molar-refractivity contribution in [2.45, 2.75) is 5.92 Å². The van der Waals surface area contributed by atoms with E-state index < -0.39 is 11.8 Å². The number of urea groups is 1. The molecular weight excluding hydrogens is 409 g/mol. The Morgan fingerprint density at radius 2 is 1.81 bits per heavy atom. The molecule has 4 rings (SSSR count). The van der Waals surface area contributed by atoms with Gasteiger partial charge in [-0.05, 0) is 47.5 Å². The Morgan fingerprint density at radius 1 is 1.00 bits per heavy atom. The van der Waals surface area contributed by atoms with Crippen molar-refractivity contribution < 1.29 is 18.7 Å². The van der Waals surface area contributed by atoms with Crippen molar-refractivity contribution in [2.24, 2.45) is 0 Å². The smallest absolute Gasteiger partial charge is 0.319 e. The molecule has 164 valence electrons. The summed E-state index contributed by atoms with van der Waals surface area (Å²) in [6.07, 6.45) is 1.96. The highest BCUT2D eigenvalue weighted by atomic mass is 19.1. The largest absolute Gasteiger partial charge is 0.493 e. The van der Waals surface area contributed by atoms with Gasteiger partial charge in [0.1, 0.15) is 5.82 Å². The van der Waals surface area contributed by atoms with Crippen molar-refractivity contribution in [3.8, 4) is 11.5 Å². The summed E-state index contributed by atoms with van der Waals surface area (Å²) in [4.78, 5) is 15.8. The molecule has 0 spiro atoms. The minimum atomic E-state index is -0.416. The lowest BCUT2D eigenvalue weighted by atomic mass is 9.90. The zero-order valence-corrected chi connectivity index (χ0v) is 17.8. The summed E-state index contributed by atoms with van der Waals surface area (Å²) in [6.45, 7) is 0.318. The van der Waals surface area contributed by atoms with E-state index in [0.29, 0.717) is 23.7 Å². The number of hydrogen-bond donors (Lipinski definition) is 3. The highest BCUT2D eigenvalue weighted by molar-refractivity contribution is 5.89. The quantitative estimate of drug-likeness (QED) is 0.371. The SMILES string of the molecule is COc1ccc(C(CNC(=O)Nc2cccc(F)c2)c2c[nH]c3ccccc23)cc1OC. The Labute approximate surface area is 185 Å². The van der Waals surface area contributed by atoms with E-state index in [1.165, 1.54) is 12.1 Å². The van der Waals surface area contributed by atoms with Crippen LogP contribution in [0.3, 0.4) is 0 Å². The number of anilines is 1. The molecule has 0 radical (unpaired) electrons. The minimum Gasteiger partial charge on any atom is -0.493 e. The topological polar surface area (TPSA) is 75.4 Å². The van der Waals surface area contributed by atoms with Crippen LogP contribution in [0.2, 0.25) is 0 Å². The summed E-state index contributed by atoms with van der Waals surface area (Å²) >= 11 is 0. The Balaban J connectivity index is 1.63. The molecule has 0 aliphatic carbocycles. The van der Waals surface area contributed by atoms with Crippen LogP contribution in [0.15, 0.2) is 72.9 Å². The minimum absolute atomic E-state index is 0.163. The number of nitrogens with one attached hydrogen (secondary N) is 3. The highest BCUT2D eigenvalue weighted by Gasteiger charge is 2.21. The number of para-hydroxylation sites is 1. The van der Waals surface area contributed by atoms with Gasteiger partial charge in [-0.1, -0.05) is 30.3 Å². The summed E-state index contributed by atoms with van der Waals surface area (Å²) in [5, 5.41) is 6.65. The van der Waals surface area contributed by atoms with Gasteiger partial charge in [0.15, 0.2) is 11.5 Å². The van der Waals surface area contributed by atoms with Crippen LogP contribution in [-0.2, 0) is 0 Å². The van der Waals surface area contributed by atoms with E-state index in [1.54, 1.807) is 26.4 Å². The Bertz CT molecular complexity index is 1240.